The molecule has 0 bridgehead atoms. The molecule has 4 heterocycles. The average molecular weight is 412 g/mol. The summed E-state index contributed by atoms with van der Waals surface area (Å²) in [5, 5.41) is 6.86. The van der Waals surface area contributed by atoms with Crippen LogP contribution < -0.4 is 10.2 Å². The maximum absolute atomic E-state index is 15.4. The van der Waals surface area contributed by atoms with E-state index in [1.807, 2.05) is 6.92 Å². The summed E-state index contributed by atoms with van der Waals surface area (Å²) < 4.78 is 17.1. The first kappa shape index (κ1) is 20.1. The molecule has 0 saturated carbocycles. The molecule has 1 N–H and O–H groups in total. The minimum Gasteiger partial charge on any atom is -0.352 e. The van der Waals surface area contributed by atoms with Crippen LogP contribution in [0.2, 0.25) is 0 Å². The molecular formula is C21H25FN6O2. The Morgan fingerprint density at radius 1 is 1.43 bits per heavy atom. The van der Waals surface area contributed by atoms with Gasteiger partial charge < -0.3 is 15.1 Å². The lowest BCUT2D eigenvalue weighted by Crippen LogP contribution is -2.52. The SMILES string of the molecule is C=CC(=O)N1C[C@@H](N(C)c2nc(-c3cnn(C)c3)c3c(c2F)CNC3=O)CC[C@@H]1C. The summed E-state index contributed by atoms with van der Waals surface area (Å²) in [5.41, 5.74) is 1.65. The monoisotopic (exact) mass is 412 g/mol. The van der Waals surface area contributed by atoms with Crippen molar-refractivity contribution < 1.29 is 14.0 Å². The summed E-state index contributed by atoms with van der Waals surface area (Å²) in [6.45, 7) is 6.17. The number of carbonyl (C=O) groups excluding carboxylic acids is 2. The number of aryl methyl sites for hydroxylation is 1. The molecule has 0 aliphatic carbocycles. The van der Waals surface area contributed by atoms with Crippen molar-refractivity contribution in [3.05, 3.63) is 42.0 Å². The number of piperidine rings is 1. The number of fused-ring (bicyclic) bond motifs is 1. The van der Waals surface area contributed by atoms with Gasteiger partial charge >= 0.3 is 0 Å². The third-order valence-electron chi connectivity index (χ3n) is 6.05. The number of nitrogens with one attached hydrogen (secondary N) is 1. The lowest BCUT2D eigenvalue weighted by atomic mass is 9.97. The predicted octanol–water partition coefficient (Wildman–Crippen LogP) is 1.87. The van der Waals surface area contributed by atoms with Crippen LogP contribution in [0, 0.1) is 5.82 Å². The van der Waals surface area contributed by atoms with Gasteiger partial charge in [0.2, 0.25) is 5.91 Å². The molecule has 1 fully saturated rings. The first-order valence-corrected chi connectivity index (χ1v) is 9.97. The Labute approximate surface area is 174 Å². The molecule has 2 aliphatic heterocycles. The maximum atomic E-state index is 15.4. The van der Waals surface area contributed by atoms with Gasteiger partial charge in [0.1, 0.15) is 0 Å². The topological polar surface area (TPSA) is 83.4 Å². The van der Waals surface area contributed by atoms with Gasteiger partial charge in [0.05, 0.1) is 17.5 Å². The summed E-state index contributed by atoms with van der Waals surface area (Å²) in [7, 11) is 3.56. The van der Waals surface area contributed by atoms with Gasteiger partial charge in [0.15, 0.2) is 11.6 Å². The van der Waals surface area contributed by atoms with E-state index in [0.717, 1.165) is 12.8 Å². The fourth-order valence-corrected chi connectivity index (χ4v) is 4.25. The molecule has 0 radical (unpaired) electrons. The number of carbonyl (C=O) groups is 2. The minimum absolute atomic E-state index is 0.100. The smallest absolute Gasteiger partial charge is 0.254 e. The largest absolute Gasteiger partial charge is 0.352 e. The van der Waals surface area contributed by atoms with Crippen LogP contribution >= 0.6 is 0 Å². The van der Waals surface area contributed by atoms with Crippen molar-refractivity contribution in [2.45, 2.75) is 38.4 Å². The minimum atomic E-state index is -0.501. The zero-order chi connectivity index (χ0) is 21.6. The average Bonchev–Trinajstić information content (AvgIpc) is 3.34. The van der Waals surface area contributed by atoms with E-state index in [0.29, 0.717) is 23.4 Å². The van der Waals surface area contributed by atoms with Gasteiger partial charge in [-0.3, -0.25) is 14.3 Å². The Bertz CT molecular complexity index is 1030. The van der Waals surface area contributed by atoms with Gasteiger partial charge in [-0.1, -0.05) is 6.58 Å². The lowest BCUT2D eigenvalue weighted by Gasteiger charge is -2.41. The third-order valence-corrected chi connectivity index (χ3v) is 6.05. The molecule has 0 spiro atoms. The molecule has 1 saturated heterocycles. The first-order chi connectivity index (χ1) is 14.3. The molecule has 158 valence electrons. The number of rotatable bonds is 4. The molecule has 2 aromatic heterocycles. The number of halogens is 1. The Morgan fingerprint density at radius 3 is 2.87 bits per heavy atom. The Hall–Kier alpha value is -3.23. The fourth-order valence-electron chi connectivity index (χ4n) is 4.25. The van der Waals surface area contributed by atoms with E-state index in [9.17, 15) is 9.59 Å². The molecule has 2 aromatic rings. The van der Waals surface area contributed by atoms with Crippen molar-refractivity contribution in [3.63, 3.8) is 0 Å². The number of amides is 2. The number of hydrogen-bond donors (Lipinski definition) is 1. The summed E-state index contributed by atoms with van der Waals surface area (Å²) in [4.78, 5) is 32.7. The molecular weight excluding hydrogens is 387 g/mol. The van der Waals surface area contributed by atoms with Gasteiger partial charge in [0.25, 0.3) is 5.91 Å². The van der Waals surface area contributed by atoms with Crippen LogP contribution in [-0.4, -0.2) is 57.2 Å². The van der Waals surface area contributed by atoms with Gasteiger partial charge in [-0.2, -0.15) is 5.10 Å². The number of likely N-dealkylation sites (N-methyl/N-ethyl adjacent to an activating group) is 1. The Balaban J connectivity index is 1.75. The van der Waals surface area contributed by atoms with Crippen molar-refractivity contribution in [1.29, 1.82) is 0 Å². The lowest BCUT2D eigenvalue weighted by molar-refractivity contribution is -0.129. The van der Waals surface area contributed by atoms with Crippen molar-refractivity contribution in [2.24, 2.45) is 7.05 Å². The van der Waals surface area contributed by atoms with Crippen LogP contribution in [-0.2, 0) is 18.4 Å². The number of pyridine rings is 1. The normalized spacial score (nSPS) is 20.7. The second-order valence-corrected chi connectivity index (χ2v) is 7.92. The Kier molecular flexibility index (Phi) is 5.05. The van der Waals surface area contributed by atoms with Gasteiger partial charge in [0, 0.05) is 56.6 Å². The molecule has 9 heteroatoms. The maximum Gasteiger partial charge on any atom is 0.254 e. The highest BCUT2D eigenvalue weighted by atomic mass is 19.1. The number of hydrogen-bond acceptors (Lipinski definition) is 5. The van der Waals surface area contributed by atoms with Crippen molar-refractivity contribution in [2.75, 3.05) is 18.5 Å². The van der Waals surface area contributed by atoms with Gasteiger partial charge in [-0.25, -0.2) is 9.37 Å². The number of nitrogens with zero attached hydrogens (tertiary/aromatic N) is 5. The molecule has 8 nitrogen and oxygen atoms in total. The summed E-state index contributed by atoms with van der Waals surface area (Å²) >= 11 is 0. The van der Waals surface area contributed by atoms with Crippen LogP contribution in [0.4, 0.5) is 10.2 Å². The highest BCUT2D eigenvalue weighted by Crippen LogP contribution is 2.35. The fraction of sp³-hybridized carbons (Fsp3) is 0.429. The van der Waals surface area contributed by atoms with E-state index in [-0.39, 0.29) is 41.8 Å². The Morgan fingerprint density at radius 2 is 2.20 bits per heavy atom. The number of anilines is 1. The molecule has 2 atom stereocenters. The van der Waals surface area contributed by atoms with E-state index in [1.165, 1.54) is 6.08 Å². The standard InChI is InChI=1S/C21H25FN6O2/c1-5-16(29)28-11-14(7-6-12(28)2)27(4)20-18(22)15-9-23-21(30)17(15)19(25-20)13-8-24-26(3)10-13/h5,8,10,12,14H,1,6-7,9,11H2,2-4H3,(H,23,30)/t12-,14-/m0/s1. The van der Waals surface area contributed by atoms with Crippen molar-refractivity contribution in [1.82, 2.24) is 25.0 Å². The van der Waals surface area contributed by atoms with Gasteiger partial charge in [-0.05, 0) is 25.8 Å². The predicted molar refractivity (Wildman–Crippen MR) is 110 cm³/mol. The molecule has 2 amide bonds. The zero-order valence-electron chi connectivity index (χ0n) is 17.4. The number of aromatic nitrogens is 3. The molecule has 30 heavy (non-hydrogen) atoms. The van der Waals surface area contributed by atoms with E-state index >= 15 is 4.39 Å². The summed E-state index contributed by atoms with van der Waals surface area (Å²) in [5.74, 6) is -0.791. The first-order valence-electron chi connectivity index (χ1n) is 9.97. The molecule has 0 unspecified atom stereocenters. The van der Waals surface area contributed by atoms with Crippen molar-refractivity contribution >= 4 is 17.6 Å². The second-order valence-electron chi connectivity index (χ2n) is 7.92. The van der Waals surface area contributed by atoms with Crippen LogP contribution in [0.5, 0.6) is 0 Å². The van der Waals surface area contributed by atoms with Crippen LogP contribution in [0.15, 0.2) is 25.0 Å². The van der Waals surface area contributed by atoms with Crippen LogP contribution in [0.1, 0.15) is 35.7 Å². The molecule has 2 aliphatic rings. The van der Waals surface area contributed by atoms with Crippen LogP contribution in [0.3, 0.4) is 0 Å². The van der Waals surface area contributed by atoms with E-state index in [1.54, 1.807) is 41.0 Å². The molecule has 4 rings (SSSR count). The molecule has 0 aromatic carbocycles. The second kappa shape index (κ2) is 7.55. The van der Waals surface area contributed by atoms with E-state index < -0.39 is 5.82 Å². The van der Waals surface area contributed by atoms with Gasteiger partial charge in [-0.15, -0.1) is 0 Å². The van der Waals surface area contributed by atoms with E-state index in [4.69, 9.17) is 0 Å². The van der Waals surface area contributed by atoms with Crippen molar-refractivity contribution in [3.8, 4) is 11.3 Å². The highest BCUT2D eigenvalue weighted by Gasteiger charge is 2.35. The number of likely N-dealkylation sites (tertiary alicyclic amines) is 1. The summed E-state index contributed by atoms with van der Waals surface area (Å²) in [6.07, 6.45) is 6.28. The summed E-state index contributed by atoms with van der Waals surface area (Å²) in [6, 6.07) is 0.00251. The third kappa shape index (κ3) is 3.24. The highest BCUT2D eigenvalue weighted by molar-refractivity contribution is 6.04. The van der Waals surface area contributed by atoms with Crippen LogP contribution in [0.25, 0.3) is 11.3 Å². The quantitative estimate of drug-likeness (QED) is 0.775. The zero-order valence-corrected chi connectivity index (χ0v) is 17.4. The van der Waals surface area contributed by atoms with E-state index in [2.05, 4.69) is 22.0 Å².